The van der Waals surface area contributed by atoms with Crippen LogP contribution in [0, 0.1) is 15.3 Å². The van der Waals surface area contributed by atoms with E-state index in [-0.39, 0.29) is 18.0 Å². The van der Waals surface area contributed by atoms with Crippen molar-refractivity contribution < 1.29 is 22.4 Å². The summed E-state index contributed by atoms with van der Waals surface area (Å²) in [5.41, 5.74) is 0.559. The molecule has 0 aromatic heterocycles. The van der Waals surface area contributed by atoms with Crippen LogP contribution in [-0.2, 0) is 26.2 Å². The molecule has 7 nitrogen and oxygen atoms in total. The van der Waals surface area contributed by atoms with Crippen molar-refractivity contribution in [3.8, 4) is 0 Å². The molecule has 0 saturated heterocycles. The van der Waals surface area contributed by atoms with Crippen LogP contribution in [0.15, 0.2) is 48.5 Å². The van der Waals surface area contributed by atoms with Crippen molar-refractivity contribution in [3.05, 3.63) is 63.5 Å². The van der Waals surface area contributed by atoms with Crippen molar-refractivity contribution >= 4 is 50.1 Å². The van der Waals surface area contributed by atoms with Gasteiger partial charge in [-0.2, -0.15) is 0 Å². The number of hydrogen-bond acceptors (Lipinski definition) is 4. The first-order valence-electron chi connectivity index (χ1n) is 10.4. The van der Waals surface area contributed by atoms with Crippen LogP contribution in [0.1, 0.15) is 26.3 Å². The fourth-order valence-electron chi connectivity index (χ4n) is 3.07. The fraction of sp³-hybridized carbons (Fsp3) is 0.391. The van der Waals surface area contributed by atoms with Gasteiger partial charge in [-0.05, 0) is 65.8 Å². The molecular weight excluding hydrogens is 560 g/mol. The lowest BCUT2D eigenvalue weighted by Crippen LogP contribution is -2.51. The molecule has 2 aromatic rings. The second-order valence-corrected chi connectivity index (χ2v) is 11.3. The van der Waals surface area contributed by atoms with Gasteiger partial charge in [0.15, 0.2) is 0 Å². The minimum Gasteiger partial charge on any atom is -0.354 e. The van der Waals surface area contributed by atoms with E-state index in [0.29, 0.717) is 12.2 Å². The molecule has 0 unspecified atom stereocenters. The quantitative estimate of drug-likeness (QED) is 0.431. The predicted molar refractivity (Wildman–Crippen MR) is 136 cm³/mol. The van der Waals surface area contributed by atoms with Crippen LogP contribution in [0.4, 0.5) is 10.1 Å². The van der Waals surface area contributed by atoms with Gasteiger partial charge in [-0.15, -0.1) is 0 Å². The number of anilines is 1. The molecule has 10 heteroatoms. The number of carbonyl (C=O) groups is 2. The Balaban J connectivity index is 2.36. The summed E-state index contributed by atoms with van der Waals surface area (Å²) in [6, 6.07) is 11.7. The van der Waals surface area contributed by atoms with E-state index in [4.69, 9.17) is 0 Å². The van der Waals surface area contributed by atoms with Crippen molar-refractivity contribution in [1.29, 1.82) is 0 Å². The summed E-state index contributed by atoms with van der Waals surface area (Å²) in [4.78, 5) is 27.3. The molecule has 1 atom stereocenters. The minimum absolute atomic E-state index is 0.175. The molecule has 0 bridgehead atoms. The molecule has 2 aromatic carbocycles. The second-order valence-electron chi connectivity index (χ2n) is 8.17. The normalized spacial score (nSPS) is 12.3. The number of hydrogen-bond donors (Lipinski definition) is 1. The maximum Gasteiger partial charge on any atom is 0.244 e. The Hall–Kier alpha value is -2.21. The number of amides is 2. The largest absolute Gasteiger partial charge is 0.354 e. The Morgan fingerprint density at radius 3 is 2.21 bits per heavy atom. The standard InChI is InChI=1S/C23H29FIN3O4S/c1-16(2)13-26-23(30)17(3)27(14-18-7-5-6-8-21(18)24)22(29)15-28(33(4,31)32)20-11-9-19(25)10-12-20/h5-12,16-17H,13-15H2,1-4H3,(H,26,30)/t17-/m0/s1. The predicted octanol–water partition coefficient (Wildman–Crippen LogP) is 3.39. The van der Waals surface area contributed by atoms with Crippen LogP contribution in [0.3, 0.4) is 0 Å². The molecule has 0 saturated carbocycles. The van der Waals surface area contributed by atoms with Crippen molar-refractivity contribution in [2.24, 2.45) is 5.92 Å². The Kier molecular flexibility index (Phi) is 9.65. The molecule has 0 fully saturated rings. The third-order valence-corrected chi connectivity index (χ3v) is 6.80. The van der Waals surface area contributed by atoms with Gasteiger partial charge in [-0.3, -0.25) is 13.9 Å². The number of rotatable bonds is 10. The van der Waals surface area contributed by atoms with Crippen LogP contribution < -0.4 is 9.62 Å². The lowest BCUT2D eigenvalue weighted by Gasteiger charge is -2.31. The SMILES string of the molecule is CC(C)CNC(=O)[C@H](C)N(Cc1ccccc1F)C(=O)CN(c1ccc(I)cc1)S(C)(=O)=O. The number of halogens is 2. The van der Waals surface area contributed by atoms with E-state index in [1.165, 1.54) is 23.1 Å². The highest BCUT2D eigenvalue weighted by molar-refractivity contribution is 14.1. The van der Waals surface area contributed by atoms with Crippen LogP contribution >= 0.6 is 22.6 Å². The molecule has 0 heterocycles. The number of nitrogens with zero attached hydrogens (tertiary/aromatic N) is 2. The van der Waals surface area contributed by atoms with E-state index in [2.05, 4.69) is 27.9 Å². The summed E-state index contributed by atoms with van der Waals surface area (Å²) in [6.45, 7) is 5.16. The van der Waals surface area contributed by atoms with E-state index in [9.17, 15) is 22.4 Å². The van der Waals surface area contributed by atoms with Gasteiger partial charge in [0.05, 0.1) is 11.9 Å². The number of benzene rings is 2. The molecule has 0 aliphatic heterocycles. The zero-order valence-electron chi connectivity index (χ0n) is 19.1. The fourth-order valence-corrected chi connectivity index (χ4v) is 4.28. The zero-order valence-corrected chi connectivity index (χ0v) is 22.1. The molecule has 1 N–H and O–H groups in total. The Morgan fingerprint density at radius 1 is 1.06 bits per heavy atom. The molecule has 0 aliphatic carbocycles. The highest BCUT2D eigenvalue weighted by Gasteiger charge is 2.30. The molecule has 2 rings (SSSR count). The van der Waals surface area contributed by atoms with Gasteiger partial charge in [0.25, 0.3) is 0 Å². The van der Waals surface area contributed by atoms with E-state index in [1.54, 1.807) is 37.3 Å². The minimum atomic E-state index is -3.80. The number of carbonyl (C=O) groups excluding carboxylic acids is 2. The summed E-state index contributed by atoms with van der Waals surface area (Å²) in [7, 11) is -3.80. The molecule has 180 valence electrons. The second kappa shape index (κ2) is 11.8. The molecule has 2 amide bonds. The van der Waals surface area contributed by atoms with Crippen molar-refractivity contribution in [2.45, 2.75) is 33.4 Å². The smallest absolute Gasteiger partial charge is 0.244 e. The lowest BCUT2D eigenvalue weighted by molar-refractivity contribution is -0.139. The highest BCUT2D eigenvalue weighted by Crippen LogP contribution is 2.21. The number of nitrogens with one attached hydrogen (secondary N) is 1. The van der Waals surface area contributed by atoms with Crippen molar-refractivity contribution in [2.75, 3.05) is 23.7 Å². The van der Waals surface area contributed by atoms with Crippen LogP contribution in [0.5, 0.6) is 0 Å². The van der Waals surface area contributed by atoms with Crippen LogP contribution in [0.25, 0.3) is 0 Å². The summed E-state index contributed by atoms with van der Waals surface area (Å²) < 4.78 is 41.2. The topological polar surface area (TPSA) is 86.8 Å². The summed E-state index contributed by atoms with van der Waals surface area (Å²) in [6.07, 6.45) is 1.01. The van der Waals surface area contributed by atoms with Crippen molar-refractivity contribution in [3.63, 3.8) is 0 Å². The Labute approximate surface area is 208 Å². The van der Waals surface area contributed by atoms with Gasteiger partial charge in [-0.1, -0.05) is 32.0 Å². The van der Waals surface area contributed by atoms with E-state index >= 15 is 0 Å². The monoisotopic (exact) mass is 589 g/mol. The van der Waals surface area contributed by atoms with Gasteiger partial charge >= 0.3 is 0 Å². The van der Waals surface area contributed by atoms with E-state index < -0.39 is 40.2 Å². The number of sulfonamides is 1. The Bertz CT molecular complexity index is 1080. The van der Waals surface area contributed by atoms with Gasteiger partial charge in [0.1, 0.15) is 18.4 Å². The molecular formula is C23H29FIN3O4S. The van der Waals surface area contributed by atoms with Crippen LogP contribution in [-0.4, -0.2) is 50.5 Å². The lowest BCUT2D eigenvalue weighted by atomic mass is 10.1. The molecule has 0 spiro atoms. The maximum absolute atomic E-state index is 14.3. The summed E-state index contributed by atoms with van der Waals surface area (Å²) in [5.74, 6) is -1.32. The highest BCUT2D eigenvalue weighted by atomic mass is 127. The molecule has 0 radical (unpaired) electrons. The first-order chi connectivity index (χ1) is 15.4. The van der Waals surface area contributed by atoms with Gasteiger partial charge in [-0.25, -0.2) is 12.8 Å². The van der Waals surface area contributed by atoms with Gasteiger partial charge in [0, 0.05) is 22.2 Å². The third kappa shape index (κ3) is 7.95. The first kappa shape index (κ1) is 27.0. The maximum atomic E-state index is 14.3. The molecule has 33 heavy (non-hydrogen) atoms. The van der Waals surface area contributed by atoms with Crippen LogP contribution in [0.2, 0.25) is 0 Å². The third-order valence-electron chi connectivity index (χ3n) is 4.94. The average Bonchev–Trinajstić information content (AvgIpc) is 2.74. The van der Waals surface area contributed by atoms with E-state index in [0.717, 1.165) is 14.1 Å². The summed E-state index contributed by atoms with van der Waals surface area (Å²) in [5, 5.41) is 2.78. The van der Waals surface area contributed by atoms with Gasteiger partial charge < -0.3 is 10.2 Å². The summed E-state index contributed by atoms with van der Waals surface area (Å²) >= 11 is 2.10. The van der Waals surface area contributed by atoms with Crippen molar-refractivity contribution in [1.82, 2.24) is 10.2 Å². The van der Waals surface area contributed by atoms with Gasteiger partial charge in [0.2, 0.25) is 21.8 Å². The average molecular weight is 589 g/mol. The zero-order chi connectivity index (χ0) is 24.8. The first-order valence-corrected chi connectivity index (χ1v) is 13.4. The molecule has 0 aliphatic rings. The Morgan fingerprint density at radius 2 is 1.67 bits per heavy atom. The van der Waals surface area contributed by atoms with E-state index in [1.807, 2.05) is 13.8 Å².